The number of nitrogens with one attached hydrogen (secondary N) is 1. The fourth-order valence-electron chi connectivity index (χ4n) is 1.05. The Morgan fingerprint density at radius 1 is 1.41 bits per heavy atom. The minimum atomic E-state index is -0.664. The van der Waals surface area contributed by atoms with Gasteiger partial charge in [-0.1, -0.05) is 0 Å². The average molecular weight is 262 g/mol. The molecule has 17 heavy (non-hydrogen) atoms. The van der Waals surface area contributed by atoms with Crippen LogP contribution in [-0.2, 0) is 14.3 Å². The third-order valence-electron chi connectivity index (χ3n) is 1.63. The largest absolute Gasteiger partial charge is 0.465 e. The van der Waals surface area contributed by atoms with Crippen molar-refractivity contribution in [1.82, 2.24) is 5.32 Å². The fourth-order valence-corrected chi connectivity index (χ4v) is 1.82. The van der Waals surface area contributed by atoms with Crippen LogP contribution < -0.4 is 11.1 Å². The highest BCUT2D eigenvalue weighted by atomic mass is 32.2. The maximum absolute atomic E-state index is 11.4. The molecule has 0 radical (unpaired) electrons. The van der Waals surface area contributed by atoms with Crippen molar-refractivity contribution in [3.63, 3.8) is 0 Å². The van der Waals surface area contributed by atoms with E-state index in [1.54, 1.807) is 6.92 Å². The average Bonchev–Trinajstić information content (AvgIpc) is 2.14. The Bertz CT molecular complexity index is 264. The second kappa shape index (κ2) is 7.55. The molecule has 0 aliphatic heterocycles. The summed E-state index contributed by atoms with van der Waals surface area (Å²) in [6, 6.07) is -0.664. The Morgan fingerprint density at radius 3 is 2.47 bits per heavy atom. The Balaban J connectivity index is 3.77. The number of rotatable bonds is 6. The molecular weight excluding hydrogens is 240 g/mol. The second-order valence-electron chi connectivity index (χ2n) is 4.67. The smallest absolute Gasteiger partial charge is 0.323 e. The summed E-state index contributed by atoms with van der Waals surface area (Å²) in [6.07, 6.45) is 0. The molecule has 3 N–H and O–H groups in total. The van der Waals surface area contributed by atoms with Crippen LogP contribution in [0.15, 0.2) is 0 Å². The molecule has 0 fully saturated rings. The zero-order valence-corrected chi connectivity index (χ0v) is 11.7. The Kier molecular flexibility index (Phi) is 7.22. The van der Waals surface area contributed by atoms with Gasteiger partial charge in [0.2, 0.25) is 5.91 Å². The van der Waals surface area contributed by atoms with E-state index < -0.39 is 12.0 Å². The highest BCUT2D eigenvalue weighted by Crippen LogP contribution is 2.05. The van der Waals surface area contributed by atoms with Crippen LogP contribution in [0.4, 0.5) is 0 Å². The van der Waals surface area contributed by atoms with Crippen molar-refractivity contribution in [3.8, 4) is 0 Å². The lowest BCUT2D eigenvalue weighted by Crippen LogP contribution is -2.42. The van der Waals surface area contributed by atoms with Crippen molar-refractivity contribution in [2.45, 2.75) is 39.3 Å². The van der Waals surface area contributed by atoms with Gasteiger partial charge in [0.15, 0.2) is 0 Å². The molecule has 0 bridgehead atoms. The van der Waals surface area contributed by atoms with Crippen LogP contribution in [-0.4, -0.2) is 41.6 Å². The fraction of sp³-hybridized carbons (Fsp3) is 0.818. The van der Waals surface area contributed by atoms with Crippen LogP contribution in [0.1, 0.15) is 27.7 Å². The van der Waals surface area contributed by atoms with Gasteiger partial charge in [0, 0.05) is 11.3 Å². The second-order valence-corrected chi connectivity index (χ2v) is 5.70. The Morgan fingerprint density at radius 2 is 2.00 bits per heavy atom. The molecule has 1 atom stereocenters. The van der Waals surface area contributed by atoms with Crippen molar-refractivity contribution < 1.29 is 14.3 Å². The van der Waals surface area contributed by atoms with E-state index in [9.17, 15) is 9.59 Å². The molecule has 0 heterocycles. The summed E-state index contributed by atoms with van der Waals surface area (Å²) in [5, 5.41) is 2.83. The van der Waals surface area contributed by atoms with Gasteiger partial charge in [-0.3, -0.25) is 9.59 Å². The van der Waals surface area contributed by atoms with E-state index in [-0.39, 0.29) is 11.4 Å². The molecule has 0 saturated carbocycles. The molecule has 0 aromatic carbocycles. The molecule has 0 aliphatic rings. The van der Waals surface area contributed by atoms with Crippen LogP contribution in [0.5, 0.6) is 0 Å². The van der Waals surface area contributed by atoms with E-state index in [2.05, 4.69) is 5.32 Å². The first kappa shape index (κ1) is 16.2. The van der Waals surface area contributed by atoms with E-state index in [1.807, 2.05) is 20.8 Å². The minimum Gasteiger partial charge on any atom is -0.465 e. The highest BCUT2D eigenvalue weighted by Gasteiger charge is 2.17. The molecule has 5 nitrogen and oxygen atoms in total. The molecule has 0 aliphatic carbocycles. The molecule has 1 unspecified atom stereocenters. The number of esters is 1. The molecule has 0 rings (SSSR count). The molecule has 0 aromatic rings. The molecule has 0 spiro atoms. The summed E-state index contributed by atoms with van der Waals surface area (Å²) < 4.78 is 4.76. The third-order valence-corrected chi connectivity index (χ3v) is 2.70. The van der Waals surface area contributed by atoms with E-state index in [1.165, 1.54) is 11.8 Å². The van der Waals surface area contributed by atoms with E-state index in [0.717, 1.165) is 0 Å². The zero-order valence-electron chi connectivity index (χ0n) is 10.9. The Labute approximate surface area is 107 Å². The number of ether oxygens (including phenoxy) is 1. The van der Waals surface area contributed by atoms with E-state index in [4.69, 9.17) is 10.5 Å². The maximum atomic E-state index is 11.4. The SMILES string of the molecule is CCOC(=O)C(N)CSCC(=O)NC(C)(C)C. The standard InChI is InChI=1S/C11H22N2O3S/c1-5-16-10(15)8(12)6-17-7-9(14)13-11(2,3)4/h8H,5-7,12H2,1-4H3,(H,13,14). The van der Waals surface area contributed by atoms with E-state index in [0.29, 0.717) is 18.1 Å². The van der Waals surface area contributed by atoms with Crippen molar-refractivity contribution >= 4 is 23.6 Å². The summed E-state index contributed by atoms with van der Waals surface area (Å²) in [6.45, 7) is 7.80. The molecule has 1 amide bonds. The van der Waals surface area contributed by atoms with Gasteiger partial charge in [-0.15, -0.1) is 11.8 Å². The monoisotopic (exact) mass is 262 g/mol. The lowest BCUT2D eigenvalue weighted by Gasteiger charge is -2.20. The van der Waals surface area contributed by atoms with Gasteiger partial charge in [-0.25, -0.2) is 0 Å². The first-order valence-electron chi connectivity index (χ1n) is 5.57. The van der Waals surface area contributed by atoms with E-state index >= 15 is 0 Å². The number of thioether (sulfide) groups is 1. The Hall–Kier alpha value is -0.750. The van der Waals surface area contributed by atoms with Crippen LogP contribution >= 0.6 is 11.8 Å². The van der Waals surface area contributed by atoms with Gasteiger partial charge >= 0.3 is 5.97 Å². The van der Waals surface area contributed by atoms with Gasteiger partial charge < -0.3 is 15.8 Å². The molecule has 100 valence electrons. The van der Waals surface area contributed by atoms with Crippen molar-refractivity contribution in [2.75, 3.05) is 18.1 Å². The van der Waals surface area contributed by atoms with Gasteiger partial charge in [-0.2, -0.15) is 0 Å². The summed E-state index contributed by atoms with van der Waals surface area (Å²) in [4.78, 5) is 22.6. The van der Waals surface area contributed by atoms with Gasteiger partial charge in [0.05, 0.1) is 12.4 Å². The number of hydrogen-bond acceptors (Lipinski definition) is 5. The first-order chi connectivity index (χ1) is 7.76. The topological polar surface area (TPSA) is 81.4 Å². The summed E-state index contributed by atoms with van der Waals surface area (Å²) in [7, 11) is 0. The first-order valence-corrected chi connectivity index (χ1v) is 6.72. The number of hydrogen-bond donors (Lipinski definition) is 2. The van der Waals surface area contributed by atoms with Crippen LogP contribution in [0.3, 0.4) is 0 Å². The summed E-state index contributed by atoms with van der Waals surface area (Å²) in [5.74, 6) is 0.204. The molecule has 0 saturated heterocycles. The van der Waals surface area contributed by atoms with Gasteiger partial charge in [0.25, 0.3) is 0 Å². The number of carbonyl (C=O) groups excluding carboxylic acids is 2. The van der Waals surface area contributed by atoms with Crippen molar-refractivity contribution in [3.05, 3.63) is 0 Å². The normalized spacial score (nSPS) is 13.0. The maximum Gasteiger partial charge on any atom is 0.323 e. The third kappa shape index (κ3) is 9.00. The zero-order chi connectivity index (χ0) is 13.5. The van der Waals surface area contributed by atoms with Crippen molar-refractivity contribution in [2.24, 2.45) is 5.73 Å². The van der Waals surface area contributed by atoms with Gasteiger partial charge in [0.1, 0.15) is 6.04 Å². The predicted molar refractivity (Wildman–Crippen MR) is 69.8 cm³/mol. The van der Waals surface area contributed by atoms with Crippen LogP contribution in [0.2, 0.25) is 0 Å². The summed E-state index contributed by atoms with van der Waals surface area (Å²) >= 11 is 1.33. The van der Waals surface area contributed by atoms with Crippen molar-refractivity contribution in [1.29, 1.82) is 0 Å². The van der Waals surface area contributed by atoms with Crippen LogP contribution in [0.25, 0.3) is 0 Å². The lowest BCUT2D eigenvalue weighted by atomic mass is 10.1. The molecule has 0 aromatic heterocycles. The molecule has 6 heteroatoms. The number of carbonyl (C=O) groups is 2. The lowest BCUT2D eigenvalue weighted by molar-refractivity contribution is -0.144. The predicted octanol–water partition coefficient (Wildman–Crippen LogP) is 0.525. The van der Waals surface area contributed by atoms with Gasteiger partial charge in [-0.05, 0) is 27.7 Å². The quantitative estimate of drug-likeness (QED) is 0.682. The number of amides is 1. The highest BCUT2D eigenvalue weighted by molar-refractivity contribution is 8.00. The number of nitrogens with two attached hydrogens (primary N) is 1. The summed E-state index contributed by atoms with van der Waals surface area (Å²) in [5.41, 5.74) is 5.35. The van der Waals surface area contributed by atoms with Crippen LogP contribution in [0, 0.1) is 0 Å². The minimum absolute atomic E-state index is 0.0569. The molecular formula is C11H22N2O3S.